The summed E-state index contributed by atoms with van der Waals surface area (Å²) in [6.07, 6.45) is 1.06. The van der Waals surface area contributed by atoms with Gasteiger partial charge in [0.05, 0.1) is 23.0 Å². The van der Waals surface area contributed by atoms with Crippen LogP contribution in [0.15, 0.2) is 30.3 Å². The summed E-state index contributed by atoms with van der Waals surface area (Å²) >= 11 is 6.79. The number of rotatable bonds is 5. The lowest BCUT2D eigenvalue weighted by molar-refractivity contribution is -0.185. The Kier molecular flexibility index (Phi) is 7.16. The molecule has 4 nitrogen and oxygen atoms in total. The van der Waals surface area contributed by atoms with Crippen LogP contribution < -0.4 is 4.74 Å². The van der Waals surface area contributed by atoms with Gasteiger partial charge >= 0.3 is 12.1 Å². The molecule has 2 saturated heterocycles. The molecule has 1 aliphatic carbocycles. The molecular formula is C28H33ClF3NO3. The van der Waals surface area contributed by atoms with Crippen molar-refractivity contribution in [1.82, 2.24) is 4.90 Å². The fourth-order valence-electron chi connectivity index (χ4n) is 6.74. The number of hydrogen-bond acceptors (Lipinski definition) is 3. The van der Waals surface area contributed by atoms with Crippen molar-refractivity contribution in [3.8, 4) is 5.75 Å². The number of nitrogens with zero attached hydrogens (tertiary/aromatic N) is 1. The smallest absolute Gasteiger partial charge is 0.391 e. The molecule has 3 unspecified atom stereocenters. The highest BCUT2D eigenvalue weighted by Crippen LogP contribution is 2.44. The SMILES string of the molecule is CC(c1ccc2ccc(O[C@H]3CC[C@@H](C(F)(F)F)CC3)c(Cl)c2c1)N1C2CCCC1CC(C(=O)O)C2. The van der Waals surface area contributed by atoms with Crippen LogP contribution in [-0.4, -0.2) is 40.3 Å². The van der Waals surface area contributed by atoms with Gasteiger partial charge < -0.3 is 9.84 Å². The van der Waals surface area contributed by atoms with E-state index >= 15 is 0 Å². The Hall–Kier alpha value is -1.99. The Morgan fingerprint density at radius 2 is 1.69 bits per heavy atom. The fraction of sp³-hybridized carbons (Fsp3) is 0.607. The van der Waals surface area contributed by atoms with E-state index in [9.17, 15) is 23.1 Å². The molecule has 1 N–H and O–H groups in total. The average molecular weight is 524 g/mol. The number of benzene rings is 2. The van der Waals surface area contributed by atoms with E-state index in [0.29, 0.717) is 36.5 Å². The van der Waals surface area contributed by atoms with Crippen molar-refractivity contribution in [3.05, 3.63) is 40.9 Å². The lowest BCUT2D eigenvalue weighted by Crippen LogP contribution is -2.53. The lowest BCUT2D eigenvalue weighted by atomic mass is 9.77. The number of hydrogen-bond donors (Lipinski definition) is 1. The molecule has 0 radical (unpaired) electrons. The number of carboxylic acid groups (broad SMARTS) is 1. The Bertz CT molecular complexity index is 1100. The Morgan fingerprint density at radius 3 is 2.31 bits per heavy atom. The molecule has 2 bridgehead atoms. The topological polar surface area (TPSA) is 49.8 Å². The molecule has 8 heteroatoms. The van der Waals surface area contributed by atoms with Gasteiger partial charge in [-0.2, -0.15) is 13.2 Å². The maximum Gasteiger partial charge on any atom is 0.391 e. The van der Waals surface area contributed by atoms with Crippen LogP contribution in [0, 0.1) is 11.8 Å². The second-order valence-electron chi connectivity index (χ2n) is 10.9. The lowest BCUT2D eigenvalue weighted by Gasteiger charge is -2.51. The van der Waals surface area contributed by atoms with Crippen molar-refractivity contribution in [2.24, 2.45) is 11.8 Å². The average Bonchev–Trinajstić information content (AvgIpc) is 2.84. The zero-order chi connectivity index (χ0) is 25.6. The number of aliphatic carboxylic acids is 1. The molecule has 196 valence electrons. The van der Waals surface area contributed by atoms with Gasteiger partial charge in [-0.25, -0.2) is 0 Å². The van der Waals surface area contributed by atoms with Crippen LogP contribution in [0.1, 0.15) is 76.3 Å². The third-order valence-corrected chi connectivity index (χ3v) is 9.08. The summed E-state index contributed by atoms with van der Waals surface area (Å²) < 4.78 is 45.1. The second-order valence-corrected chi connectivity index (χ2v) is 11.2. The van der Waals surface area contributed by atoms with Crippen LogP contribution in [0.3, 0.4) is 0 Å². The fourth-order valence-corrected chi connectivity index (χ4v) is 7.01. The number of piperidine rings is 2. The minimum Gasteiger partial charge on any atom is -0.489 e. The molecule has 2 aromatic rings. The van der Waals surface area contributed by atoms with Crippen LogP contribution in [0.2, 0.25) is 5.02 Å². The summed E-state index contributed by atoms with van der Waals surface area (Å²) in [7, 11) is 0. The van der Waals surface area contributed by atoms with Gasteiger partial charge in [-0.05, 0) is 81.4 Å². The Morgan fingerprint density at radius 1 is 1.06 bits per heavy atom. The number of fused-ring (bicyclic) bond motifs is 3. The van der Waals surface area contributed by atoms with Crippen molar-refractivity contribution >= 4 is 28.3 Å². The van der Waals surface area contributed by atoms with Crippen LogP contribution in [0.25, 0.3) is 10.8 Å². The van der Waals surface area contributed by atoms with E-state index in [1.165, 1.54) is 0 Å². The van der Waals surface area contributed by atoms with E-state index in [1.807, 2.05) is 18.2 Å². The van der Waals surface area contributed by atoms with E-state index in [2.05, 4.69) is 24.0 Å². The molecule has 3 fully saturated rings. The molecule has 0 aromatic heterocycles. The predicted molar refractivity (Wildman–Crippen MR) is 133 cm³/mol. The highest BCUT2D eigenvalue weighted by atomic mass is 35.5. The first-order valence-corrected chi connectivity index (χ1v) is 13.5. The number of carbonyl (C=O) groups is 1. The summed E-state index contributed by atoms with van der Waals surface area (Å²) in [6.45, 7) is 2.18. The van der Waals surface area contributed by atoms with Gasteiger partial charge in [0, 0.05) is 23.5 Å². The van der Waals surface area contributed by atoms with Crippen molar-refractivity contribution in [1.29, 1.82) is 0 Å². The standard InChI is InChI=1S/C28H33ClF3NO3/c1-16(33-21-3-2-4-22(33)14-19(13-21)27(34)35)18-6-5-17-7-12-25(26(29)24(17)15-18)36-23-10-8-20(9-11-23)28(30,31)32/h5-7,12,15-16,19-23H,2-4,8-11,13-14H2,1H3,(H,34,35)/t16?,19?,20-,21?,22?,23+. The van der Waals surface area contributed by atoms with E-state index < -0.39 is 18.1 Å². The maximum atomic E-state index is 13.0. The first-order chi connectivity index (χ1) is 17.1. The largest absolute Gasteiger partial charge is 0.489 e. The van der Waals surface area contributed by atoms with Crippen molar-refractivity contribution in [2.75, 3.05) is 0 Å². The van der Waals surface area contributed by atoms with E-state index in [1.54, 1.807) is 0 Å². The summed E-state index contributed by atoms with van der Waals surface area (Å²) in [5.74, 6) is -1.67. The molecule has 1 saturated carbocycles. The molecule has 5 rings (SSSR count). The van der Waals surface area contributed by atoms with E-state index in [4.69, 9.17) is 16.3 Å². The highest BCUT2D eigenvalue weighted by Gasteiger charge is 2.43. The minimum absolute atomic E-state index is 0.0853. The number of alkyl halides is 3. The Labute approximate surface area is 214 Å². The highest BCUT2D eigenvalue weighted by molar-refractivity contribution is 6.37. The Balaban J connectivity index is 1.34. The van der Waals surface area contributed by atoms with Gasteiger partial charge in [0.15, 0.2) is 0 Å². The van der Waals surface area contributed by atoms with E-state index in [-0.39, 0.29) is 43.0 Å². The van der Waals surface area contributed by atoms with Gasteiger partial charge in [-0.15, -0.1) is 0 Å². The third-order valence-electron chi connectivity index (χ3n) is 8.69. The van der Waals surface area contributed by atoms with Crippen LogP contribution in [0.4, 0.5) is 13.2 Å². The van der Waals surface area contributed by atoms with Gasteiger partial charge in [-0.3, -0.25) is 9.69 Å². The first-order valence-electron chi connectivity index (χ1n) is 13.1. The van der Waals surface area contributed by atoms with Crippen LogP contribution in [-0.2, 0) is 4.79 Å². The molecule has 3 aliphatic rings. The molecule has 2 aromatic carbocycles. The number of ether oxygens (including phenoxy) is 1. The molecule has 2 aliphatic heterocycles. The zero-order valence-electron chi connectivity index (χ0n) is 20.4. The molecular weight excluding hydrogens is 491 g/mol. The molecule has 36 heavy (non-hydrogen) atoms. The van der Waals surface area contributed by atoms with Gasteiger partial charge in [0.2, 0.25) is 0 Å². The molecule has 3 atom stereocenters. The number of halogens is 4. The predicted octanol–water partition coefficient (Wildman–Crippen LogP) is 7.77. The van der Waals surface area contributed by atoms with Crippen molar-refractivity contribution in [2.45, 2.75) is 95.1 Å². The van der Waals surface area contributed by atoms with Gasteiger partial charge in [0.1, 0.15) is 5.75 Å². The van der Waals surface area contributed by atoms with Crippen molar-refractivity contribution in [3.63, 3.8) is 0 Å². The molecule has 0 spiro atoms. The first kappa shape index (κ1) is 25.7. The van der Waals surface area contributed by atoms with Crippen LogP contribution >= 0.6 is 11.6 Å². The zero-order valence-corrected chi connectivity index (χ0v) is 21.2. The summed E-state index contributed by atoms with van der Waals surface area (Å²) in [5.41, 5.74) is 1.12. The number of carboxylic acids is 1. The molecule has 2 heterocycles. The second kappa shape index (κ2) is 10.1. The van der Waals surface area contributed by atoms with Gasteiger partial charge in [0.25, 0.3) is 0 Å². The third kappa shape index (κ3) is 5.06. The summed E-state index contributed by atoms with van der Waals surface area (Å²) in [5, 5.41) is 11.9. The summed E-state index contributed by atoms with van der Waals surface area (Å²) in [6, 6.07) is 10.7. The minimum atomic E-state index is -4.14. The quantitative estimate of drug-likeness (QED) is 0.435. The van der Waals surface area contributed by atoms with Crippen molar-refractivity contribution < 1.29 is 27.8 Å². The normalized spacial score (nSPS) is 30.2. The monoisotopic (exact) mass is 523 g/mol. The van der Waals surface area contributed by atoms with E-state index in [0.717, 1.165) is 35.6 Å². The van der Waals surface area contributed by atoms with Crippen LogP contribution in [0.5, 0.6) is 5.75 Å². The summed E-state index contributed by atoms with van der Waals surface area (Å²) in [4.78, 5) is 14.2. The molecule has 0 amide bonds. The maximum absolute atomic E-state index is 13.0. The van der Waals surface area contributed by atoms with Gasteiger partial charge in [-0.1, -0.05) is 36.2 Å².